The average Bonchev–Trinajstić information content (AvgIpc) is 2.95. The van der Waals surface area contributed by atoms with Crippen LogP contribution in [-0.2, 0) is 7.05 Å². The summed E-state index contributed by atoms with van der Waals surface area (Å²) in [5.74, 6) is -0.357. The Hall–Kier alpha value is -2.44. The molecule has 5 nitrogen and oxygen atoms in total. The van der Waals surface area contributed by atoms with Gasteiger partial charge in [-0.05, 0) is 29.3 Å². The first-order valence-corrected chi connectivity index (χ1v) is 8.51. The minimum absolute atomic E-state index is 0.357. The normalized spacial score (nSPS) is 15.7. The van der Waals surface area contributed by atoms with Crippen LogP contribution in [0.5, 0.6) is 0 Å². The first-order chi connectivity index (χ1) is 11.5. The maximum absolute atomic E-state index is 12.5. The molecule has 0 saturated heterocycles. The Kier molecular flexibility index (Phi) is 3.51. The Bertz CT molecular complexity index is 1090. The van der Waals surface area contributed by atoms with Gasteiger partial charge in [-0.15, -0.1) is 11.3 Å². The molecule has 2 heterocycles. The van der Waals surface area contributed by atoms with Crippen molar-refractivity contribution < 1.29 is 0 Å². The Morgan fingerprint density at radius 3 is 2.92 bits per heavy atom. The highest BCUT2D eigenvalue weighted by atomic mass is 35.5. The van der Waals surface area contributed by atoms with E-state index in [0.717, 1.165) is 21.7 Å². The molecule has 0 bridgehead atoms. The van der Waals surface area contributed by atoms with E-state index in [2.05, 4.69) is 9.97 Å². The van der Waals surface area contributed by atoms with Gasteiger partial charge in [0.1, 0.15) is 0 Å². The van der Waals surface area contributed by atoms with E-state index >= 15 is 0 Å². The Morgan fingerprint density at radius 1 is 1.25 bits per heavy atom. The molecule has 0 spiro atoms. The fourth-order valence-corrected chi connectivity index (χ4v) is 3.87. The van der Waals surface area contributed by atoms with E-state index in [1.165, 1.54) is 15.9 Å². The second-order valence-electron chi connectivity index (χ2n) is 5.60. The molecule has 1 aliphatic carbocycles. The molecule has 4 rings (SSSR count). The summed E-state index contributed by atoms with van der Waals surface area (Å²) in [5.41, 5.74) is 4.09. The van der Waals surface area contributed by atoms with Crippen LogP contribution in [0.3, 0.4) is 0 Å². The largest absolute Gasteiger partial charge is 0.328 e. The SMILES string of the molecule is Cn1cc(C2c3ccc(Cl)cc3C=Cc3scnc32)c(=O)[nH]c1=O. The van der Waals surface area contributed by atoms with E-state index in [9.17, 15) is 9.59 Å². The lowest BCUT2D eigenvalue weighted by molar-refractivity contribution is 0.760. The van der Waals surface area contributed by atoms with Crippen LogP contribution in [0.2, 0.25) is 5.02 Å². The molecule has 1 aliphatic rings. The molecular formula is C17H12ClN3O2S. The van der Waals surface area contributed by atoms with Gasteiger partial charge in [0, 0.05) is 23.8 Å². The minimum atomic E-state index is -0.440. The zero-order chi connectivity index (χ0) is 16.8. The molecule has 1 aromatic carbocycles. The fourth-order valence-electron chi connectivity index (χ4n) is 2.97. The molecule has 120 valence electrons. The molecule has 1 atom stereocenters. The smallest absolute Gasteiger partial charge is 0.303 e. The summed E-state index contributed by atoms with van der Waals surface area (Å²) in [5, 5.41) is 0.629. The summed E-state index contributed by atoms with van der Waals surface area (Å²) in [6.07, 6.45) is 5.55. The number of aryl methyl sites for hydroxylation is 1. The van der Waals surface area contributed by atoms with Crippen LogP contribution in [0.15, 0.2) is 39.5 Å². The Labute approximate surface area is 145 Å². The second kappa shape index (κ2) is 5.58. The average molecular weight is 358 g/mol. The van der Waals surface area contributed by atoms with Crippen LogP contribution >= 0.6 is 22.9 Å². The molecule has 0 aliphatic heterocycles. The number of nitrogens with one attached hydrogen (secondary N) is 1. The third kappa shape index (κ3) is 2.35. The van der Waals surface area contributed by atoms with E-state index in [-0.39, 0.29) is 5.92 Å². The first-order valence-electron chi connectivity index (χ1n) is 7.25. The number of aromatic nitrogens is 3. The monoisotopic (exact) mass is 357 g/mol. The van der Waals surface area contributed by atoms with Crippen molar-refractivity contribution in [1.29, 1.82) is 0 Å². The van der Waals surface area contributed by atoms with Crippen LogP contribution in [0.25, 0.3) is 12.2 Å². The highest BCUT2D eigenvalue weighted by Gasteiger charge is 2.28. The molecule has 7 heteroatoms. The summed E-state index contributed by atoms with van der Waals surface area (Å²) in [6, 6.07) is 5.58. The van der Waals surface area contributed by atoms with Gasteiger partial charge in [-0.1, -0.05) is 23.7 Å². The molecule has 0 saturated carbocycles. The molecule has 3 aromatic rings. The lowest BCUT2D eigenvalue weighted by Crippen LogP contribution is -2.31. The van der Waals surface area contributed by atoms with Gasteiger partial charge in [0.05, 0.1) is 22.0 Å². The number of hydrogen-bond acceptors (Lipinski definition) is 4. The van der Waals surface area contributed by atoms with E-state index in [1.807, 2.05) is 24.3 Å². The third-order valence-electron chi connectivity index (χ3n) is 4.12. The summed E-state index contributed by atoms with van der Waals surface area (Å²) in [7, 11) is 1.61. The lowest BCUT2D eigenvalue weighted by Gasteiger charge is -2.18. The fraction of sp³-hybridized carbons (Fsp3) is 0.118. The van der Waals surface area contributed by atoms with Crippen molar-refractivity contribution in [2.75, 3.05) is 0 Å². The number of halogens is 1. The molecule has 0 amide bonds. The summed E-state index contributed by atoms with van der Waals surface area (Å²) in [6.45, 7) is 0. The number of benzene rings is 1. The van der Waals surface area contributed by atoms with Crippen LogP contribution in [0.4, 0.5) is 0 Å². The van der Waals surface area contributed by atoms with Gasteiger partial charge in [0.2, 0.25) is 0 Å². The highest BCUT2D eigenvalue weighted by molar-refractivity contribution is 7.10. The number of nitrogens with zero attached hydrogens (tertiary/aromatic N) is 2. The zero-order valence-corrected chi connectivity index (χ0v) is 14.2. The van der Waals surface area contributed by atoms with Crippen LogP contribution in [0, 0.1) is 0 Å². The number of thiazole rings is 1. The van der Waals surface area contributed by atoms with Crippen LogP contribution < -0.4 is 11.2 Å². The van der Waals surface area contributed by atoms with Crippen molar-refractivity contribution in [3.05, 3.63) is 83.0 Å². The van der Waals surface area contributed by atoms with E-state index < -0.39 is 11.2 Å². The number of rotatable bonds is 1. The number of H-pyrrole nitrogens is 1. The maximum Gasteiger partial charge on any atom is 0.328 e. The number of aromatic amines is 1. The lowest BCUT2D eigenvalue weighted by atomic mass is 9.87. The molecule has 1 N–H and O–H groups in total. The third-order valence-corrected chi connectivity index (χ3v) is 5.16. The highest BCUT2D eigenvalue weighted by Crippen LogP contribution is 2.39. The van der Waals surface area contributed by atoms with Gasteiger partial charge in [0.15, 0.2) is 0 Å². The Morgan fingerprint density at radius 2 is 2.08 bits per heavy atom. The summed E-state index contributed by atoms with van der Waals surface area (Å²) < 4.78 is 1.37. The molecule has 24 heavy (non-hydrogen) atoms. The van der Waals surface area contributed by atoms with Crippen molar-refractivity contribution in [1.82, 2.24) is 14.5 Å². The summed E-state index contributed by atoms with van der Waals surface area (Å²) >= 11 is 7.64. The first kappa shape index (κ1) is 15.1. The molecule has 2 aromatic heterocycles. The predicted octanol–water partition coefficient (Wildman–Crippen LogP) is 2.85. The summed E-state index contributed by atoms with van der Waals surface area (Å²) in [4.78, 5) is 32.0. The van der Waals surface area contributed by atoms with Crippen molar-refractivity contribution in [2.45, 2.75) is 5.92 Å². The van der Waals surface area contributed by atoms with E-state index in [0.29, 0.717) is 10.6 Å². The molecular weight excluding hydrogens is 346 g/mol. The molecule has 0 fully saturated rings. The van der Waals surface area contributed by atoms with E-state index in [4.69, 9.17) is 11.6 Å². The molecule has 1 unspecified atom stereocenters. The van der Waals surface area contributed by atoms with Crippen molar-refractivity contribution in [2.24, 2.45) is 7.05 Å². The van der Waals surface area contributed by atoms with Gasteiger partial charge in [-0.2, -0.15) is 0 Å². The Balaban J connectivity index is 2.06. The van der Waals surface area contributed by atoms with Gasteiger partial charge >= 0.3 is 5.69 Å². The van der Waals surface area contributed by atoms with Crippen molar-refractivity contribution >= 4 is 35.1 Å². The van der Waals surface area contributed by atoms with Crippen LogP contribution in [-0.4, -0.2) is 14.5 Å². The van der Waals surface area contributed by atoms with Crippen molar-refractivity contribution in [3.63, 3.8) is 0 Å². The van der Waals surface area contributed by atoms with E-state index in [1.54, 1.807) is 24.8 Å². The quantitative estimate of drug-likeness (QED) is 0.569. The number of fused-ring (bicyclic) bond motifs is 2. The second-order valence-corrected chi connectivity index (χ2v) is 6.92. The van der Waals surface area contributed by atoms with Crippen LogP contribution in [0.1, 0.15) is 33.2 Å². The zero-order valence-electron chi connectivity index (χ0n) is 12.6. The van der Waals surface area contributed by atoms with Crippen molar-refractivity contribution in [3.8, 4) is 0 Å². The van der Waals surface area contributed by atoms with Gasteiger partial charge < -0.3 is 4.57 Å². The van der Waals surface area contributed by atoms with Gasteiger partial charge in [-0.25, -0.2) is 9.78 Å². The van der Waals surface area contributed by atoms with Gasteiger partial charge in [0.25, 0.3) is 5.56 Å². The van der Waals surface area contributed by atoms with Gasteiger partial charge in [-0.3, -0.25) is 9.78 Å². The molecule has 0 radical (unpaired) electrons. The standard InChI is InChI=1S/C17H12ClN3O2S/c1-21-7-12(16(22)20-17(21)23)14-11-4-3-10(18)6-9(11)2-5-13-15(14)19-8-24-13/h2-8,14H,1H3,(H,20,22,23). The predicted molar refractivity (Wildman–Crippen MR) is 95.7 cm³/mol. The number of hydrogen-bond donors (Lipinski definition) is 1. The minimum Gasteiger partial charge on any atom is -0.303 e. The maximum atomic E-state index is 12.5. The topological polar surface area (TPSA) is 67.8 Å².